The van der Waals surface area contributed by atoms with Crippen molar-refractivity contribution in [1.82, 2.24) is 9.97 Å². The largest absolute Gasteiger partial charge is 0.459 e. The number of para-hydroxylation sites is 1. The van der Waals surface area contributed by atoms with E-state index in [-0.39, 0.29) is 12.2 Å². The molecule has 7 nitrogen and oxygen atoms in total. The van der Waals surface area contributed by atoms with Gasteiger partial charge in [0.1, 0.15) is 22.1 Å². The average Bonchev–Trinajstić information content (AvgIpc) is 3.05. The van der Waals surface area contributed by atoms with Gasteiger partial charge >= 0.3 is 5.97 Å². The molecule has 0 amide bonds. The van der Waals surface area contributed by atoms with E-state index in [1.807, 2.05) is 6.07 Å². The first-order valence-corrected chi connectivity index (χ1v) is 10.4. The summed E-state index contributed by atoms with van der Waals surface area (Å²) in [6, 6.07) is 8.33. The third kappa shape index (κ3) is 3.90. The molecular formula is C21H23N3O4S. The second kappa shape index (κ2) is 8.34. The molecule has 0 radical (unpaired) electrons. The number of carbonyl (C=O) groups excluding carboxylic acids is 1. The molecule has 4 rings (SSSR count). The van der Waals surface area contributed by atoms with Gasteiger partial charge in [0, 0.05) is 19.3 Å². The van der Waals surface area contributed by atoms with Crippen LogP contribution in [0.5, 0.6) is 0 Å². The number of methoxy groups -OCH3 is 1. The number of nitrogens with one attached hydrogen (secondary N) is 1. The Hall–Kier alpha value is -2.71. The summed E-state index contributed by atoms with van der Waals surface area (Å²) in [5.74, 6) is 0.146. The first-order valence-electron chi connectivity index (χ1n) is 9.59. The maximum Gasteiger partial charge on any atom is 0.348 e. The minimum atomic E-state index is -0.451. The molecule has 0 aliphatic carbocycles. The molecule has 0 spiro atoms. The Kier molecular flexibility index (Phi) is 5.64. The quantitative estimate of drug-likeness (QED) is 0.494. The molecule has 1 aliphatic heterocycles. The maximum atomic E-state index is 12.7. The fourth-order valence-electron chi connectivity index (χ4n) is 3.70. The second-order valence-corrected chi connectivity index (χ2v) is 8.03. The van der Waals surface area contributed by atoms with Crippen LogP contribution in [-0.2, 0) is 22.4 Å². The van der Waals surface area contributed by atoms with Crippen LogP contribution in [0.15, 0.2) is 29.1 Å². The van der Waals surface area contributed by atoms with E-state index >= 15 is 0 Å². The third-order valence-corrected chi connectivity index (χ3v) is 6.27. The molecular weight excluding hydrogens is 390 g/mol. The van der Waals surface area contributed by atoms with Crippen molar-refractivity contribution in [2.45, 2.75) is 26.3 Å². The number of hydrogen-bond acceptors (Lipinski definition) is 7. The Labute approximate surface area is 172 Å². The van der Waals surface area contributed by atoms with Crippen molar-refractivity contribution in [3.05, 3.63) is 56.4 Å². The van der Waals surface area contributed by atoms with E-state index in [4.69, 9.17) is 9.47 Å². The molecule has 3 aromatic rings. The fraction of sp³-hybridized carbons (Fsp3) is 0.381. The number of rotatable bonds is 6. The van der Waals surface area contributed by atoms with Crippen LogP contribution in [-0.4, -0.2) is 42.8 Å². The van der Waals surface area contributed by atoms with E-state index in [0.29, 0.717) is 39.6 Å². The summed E-state index contributed by atoms with van der Waals surface area (Å²) in [5, 5.41) is 0.455. The lowest BCUT2D eigenvalue weighted by atomic mass is 10.0. The number of anilines is 1. The van der Waals surface area contributed by atoms with Gasteiger partial charge in [0.2, 0.25) is 0 Å². The number of esters is 1. The van der Waals surface area contributed by atoms with Crippen molar-refractivity contribution in [2.75, 3.05) is 31.8 Å². The Morgan fingerprint density at radius 2 is 2.14 bits per heavy atom. The van der Waals surface area contributed by atoms with Gasteiger partial charge in [0.15, 0.2) is 0 Å². The first-order chi connectivity index (χ1) is 14.1. The van der Waals surface area contributed by atoms with E-state index < -0.39 is 5.97 Å². The maximum absolute atomic E-state index is 12.7. The minimum absolute atomic E-state index is 0.173. The van der Waals surface area contributed by atoms with E-state index in [9.17, 15) is 9.59 Å². The number of ether oxygens (including phenoxy) is 2. The molecule has 1 aliphatic rings. The van der Waals surface area contributed by atoms with Crippen LogP contribution >= 0.6 is 11.3 Å². The molecule has 0 atom stereocenters. The predicted octanol–water partition coefficient (Wildman–Crippen LogP) is 3.05. The van der Waals surface area contributed by atoms with Gasteiger partial charge in [0.05, 0.1) is 18.5 Å². The zero-order valence-corrected chi connectivity index (χ0v) is 17.3. The van der Waals surface area contributed by atoms with Gasteiger partial charge in [-0.05, 0) is 37.0 Å². The highest BCUT2D eigenvalue weighted by atomic mass is 32.1. The van der Waals surface area contributed by atoms with Crippen molar-refractivity contribution in [3.63, 3.8) is 0 Å². The van der Waals surface area contributed by atoms with Crippen LogP contribution < -0.4 is 10.5 Å². The van der Waals surface area contributed by atoms with Gasteiger partial charge in [0.25, 0.3) is 5.56 Å². The van der Waals surface area contributed by atoms with Crippen molar-refractivity contribution < 1.29 is 14.3 Å². The normalized spacial score (nSPS) is 13.5. The smallest absolute Gasteiger partial charge is 0.348 e. The van der Waals surface area contributed by atoms with E-state index in [0.717, 1.165) is 19.4 Å². The van der Waals surface area contributed by atoms with Crippen LogP contribution in [0.3, 0.4) is 0 Å². The summed E-state index contributed by atoms with van der Waals surface area (Å²) in [6.45, 7) is 3.69. The highest BCUT2D eigenvalue weighted by Gasteiger charge is 2.22. The monoisotopic (exact) mass is 413 g/mol. The third-order valence-electron chi connectivity index (χ3n) is 5.10. The number of nitrogens with zero attached hydrogens (tertiary/aromatic N) is 2. The Morgan fingerprint density at radius 1 is 1.31 bits per heavy atom. The molecule has 3 heterocycles. The lowest BCUT2D eigenvalue weighted by molar-refractivity contribution is 0.0393. The van der Waals surface area contributed by atoms with Gasteiger partial charge in [-0.2, -0.15) is 0 Å². The van der Waals surface area contributed by atoms with E-state index in [2.05, 4.69) is 33.1 Å². The van der Waals surface area contributed by atoms with Crippen molar-refractivity contribution in [2.24, 2.45) is 0 Å². The van der Waals surface area contributed by atoms with Crippen molar-refractivity contribution in [3.8, 4) is 0 Å². The molecule has 8 heteroatoms. The number of fused-ring (bicyclic) bond motifs is 2. The van der Waals surface area contributed by atoms with Crippen molar-refractivity contribution >= 4 is 33.2 Å². The molecule has 1 aromatic carbocycles. The molecule has 0 fully saturated rings. The van der Waals surface area contributed by atoms with Crippen LogP contribution in [0, 0.1) is 6.92 Å². The number of aromatic nitrogens is 2. The molecule has 0 unspecified atom stereocenters. The number of thiophene rings is 1. The molecule has 0 saturated heterocycles. The highest BCUT2D eigenvalue weighted by molar-refractivity contribution is 7.20. The lowest BCUT2D eigenvalue weighted by Gasteiger charge is -2.30. The molecule has 0 saturated carbocycles. The zero-order chi connectivity index (χ0) is 20.4. The summed E-state index contributed by atoms with van der Waals surface area (Å²) in [7, 11) is 1.55. The minimum Gasteiger partial charge on any atom is -0.459 e. The Morgan fingerprint density at radius 3 is 2.97 bits per heavy atom. The van der Waals surface area contributed by atoms with E-state index in [1.54, 1.807) is 14.0 Å². The molecule has 2 aromatic heterocycles. The first kappa shape index (κ1) is 19.6. The number of aromatic amines is 1. The standard InChI is InChI=1S/C21H23N3O4S/c1-13-17-19(25)22-16(12-24-9-5-7-14-6-3-4-8-15(14)24)23-20(17)29-18(13)21(26)28-11-10-27-2/h3-4,6,8H,5,7,9-12H2,1-2H3,(H,22,23,25). The summed E-state index contributed by atoms with van der Waals surface area (Å²) in [4.78, 5) is 35.8. The summed E-state index contributed by atoms with van der Waals surface area (Å²) < 4.78 is 10.1. The van der Waals surface area contributed by atoms with Crippen LogP contribution in [0.4, 0.5) is 5.69 Å². The van der Waals surface area contributed by atoms with Crippen LogP contribution in [0.2, 0.25) is 0 Å². The number of carbonyl (C=O) groups is 1. The number of aryl methyl sites for hydroxylation is 2. The zero-order valence-electron chi connectivity index (χ0n) is 16.5. The van der Waals surface area contributed by atoms with Gasteiger partial charge in [-0.25, -0.2) is 9.78 Å². The predicted molar refractivity (Wildman–Crippen MR) is 113 cm³/mol. The van der Waals surface area contributed by atoms with Gasteiger partial charge in [-0.3, -0.25) is 4.79 Å². The van der Waals surface area contributed by atoms with Crippen LogP contribution in [0.25, 0.3) is 10.2 Å². The van der Waals surface area contributed by atoms with Gasteiger partial charge < -0.3 is 19.4 Å². The van der Waals surface area contributed by atoms with Gasteiger partial charge in [-0.15, -0.1) is 11.3 Å². The summed E-state index contributed by atoms with van der Waals surface area (Å²) in [5.41, 5.74) is 2.89. The average molecular weight is 413 g/mol. The number of hydrogen-bond donors (Lipinski definition) is 1. The van der Waals surface area contributed by atoms with Gasteiger partial charge in [-0.1, -0.05) is 18.2 Å². The number of H-pyrrole nitrogens is 1. The molecule has 152 valence electrons. The summed E-state index contributed by atoms with van der Waals surface area (Å²) >= 11 is 1.20. The highest BCUT2D eigenvalue weighted by Crippen LogP contribution is 2.30. The fourth-order valence-corrected chi connectivity index (χ4v) is 4.79. The SMILES string of the molecule is COCCOC(=O)c1sc2nc(CN3CCCc4ccccc43)[nH]c(=O)c2c1C. The number of benzene rings is 1. The Balaban J connectivity index is 1.63. The summed E-state index contributed by atoms with van der Waals surface area (Å²) in [6.07, 6.45) is 2.13. The van der Waals surface area contributed by atoms with Crippen LogP contribution in [0.1, 0.15) is 33.0 Å². The Bertz CT molecular complexity index is 1100. The van der Waals surface area contributed by atoms with Crippen molar-refractivity contribution in [1.29, 1.82) is 0 Å². The lowest BCUT2D eigenvalue weighted by Crippen LogP contribution is -2.30. The second-order valence-electron chi connectivity index (χ2n) is 7.03. The van der Waals surface area contributed by atoms with E-state index in [1.165, 1.54) is 22.6 Å². The molecule has 1 N–H and O–H groups in total. The topological polar surface area (TPSA) is 84.5 Å². The molecule has 0 bridgehead atoms. The molecule has 29 heavy (non-hydrogen) atoms.